The molecule has 1 aromatic heterocycles. The lowest BCUT2D eigenvalue weighted by Gasteiger charge is -2.11. The Bertz CT molecular complexity index is 470. The van der Waals surface area contributed by atoms with Crippen LogP contribution in [-0.4, -0.2) is 21.4 Å². The van der Waals surface area contributed by atoms with Crippen molar-refractivity contribution in [1.29, 1.82) is 0 Å². The fraction of sp³-hybridized carbons (Fsp3) is 0.273. The Kier molecular flexibility index (Phi) is 3.41. The molecule has 2 rings (SSSR count). The summed E-state index contributed by atoms with van der Waals surface area (Å²) in [6.07, 6.45) is 1.63. The summed E-state index contributed by atoms with van der Waals surface area (Å²) in [5, 5.41) is 7.78. The maximum atomic E-state index is 5.79. The normalized spacial score (nSPS) is 10.4. The second-order valence-electron chi connectivity index (χ2n) is 3.15. The van der Waals surface area contributed by atoms with Gasteiger partial charge < -0.3 is 4.74 Å². The summed E-state index contributed by atoms with van der Waals surface area (Å²) < 4.78 is 7.37. The van der Waals surface area contributed by atoms with Crippen LogP contribution in [0.4, 0.5) is 0 Å². The topological polar surface area (TPSA) is 39.9 Å². The number of ether oxygens (including phenoxy) is 1. The van der Waals surface area contributed by atoms with Gasteiger partial charge in [-0.05, 0) is 19.1 Å². The van der Waals surface area contributed by atoms with Crippen LogP contribution in [0.5, 0.6) is 5.75 Å². The first-order valence-electron chi connectivity index (χ1n) is 5.04. The molecule has 0 saturated carbocycles. The summed E-state index contributed by atoms with van der Waals surface area (Å²) in [4.78, 5) is 0. The summed E-state index contributed by atoms with van der Waals surface area (Å²) in [6, 6.07) is 7.73. The van der Waals surface area contributed by atoms with Crippen LogP contribution in [0.1, 0.15) is 12.7 Å². The smallest absolute Gasteiger partial charge is 0.152 e. The molecule has 1 heterocycles. The number of halogens is 1. The molecule has 0 aliphatic heterocycles. The third-order valence-electron chi connectivity index (χ3n) is 2.16. The largest absolute Gasteiger partial charge is 0.492 e. The Morgan fingerprint density at radius 1 is 1.38 bits per heavy atom. The highest BCUT2D eigenvalue weighted by Crippen LogP contribution is 2.23. The molecule has 0 unspecified atom stereocenters. The van der Waals surface area contributed by atoms with E-state index in [1.54, 1.807) is 6.33 Å². The standard InChI is InChI=1S/C11H12ClN3O/c1-2-16-10-6-4-3-5-9(10)15-8-13-14-11(15)7-12/h3-6,8H,2,7H2,1H3. The molecule has 0 saturated heterocycles. The van der Waals surface area contributed by atoms with E-state index < -0.39 is 0 Å². The molecule has 0 N–H and O–H groups in total. The number of nitrogens with zero attached hydrogens (tertiary/aromatic N) is 3. The Hall–Kier alpha value is -1.55. The van der Waals surface area contributed by atoms with E-state index in [9.17, 15) is 0 Å². The van der Waals surface area contributed by atoms with Crippen molar-refractivity contribution >= 4 is 11.6 Å². The average molecular weight is 238 g/mol. The minimum atomic E-state index is 0.320. The number of hydrogen-bond acceptors (Lipinski definition) is 3. The van der Waals surface area contributed by atoms with Gasteiger partial charge in [0.25, 0.3) is 0 Å². The van der Waals surface area contributed by atoms with E-state index in [1.165, 1.54) is 0 Å². The van der Waals surface area contributed by atoms with Gasteiger partial charge in [0.2, 0.25) is 0 Å². The summed E-state index contributed by atoms with van der Waals surface area (Å²) in [7, 11) is 0. The lowest BCUT2D eigenvalue weighted by molar-refractivity contribution is 0.339. The van der Waals surface area contributed by atoms with Crippen LogP contribution in [0, 0.1) is 0 Å². The van der Waals surface area contributed by atoms with Crippen LogP contribution in [0.15, 0.2) is 30.6 Å². The molecule has 84 valence electrons. The van der Waals surface area contributed by atoms with Crippen LogP contribution >= 0.6 is 11.6 Å². The van der Waals surface area contributed by atoms with Crippen molar-refractivity contribution in [2.45, 2.75) is 12.8 Å². The second-order valence-corrected chi connectivity index (χ2v) is 3.42. The highest BCUT2D eigenvalue weighted by molar-refractivity contribution is 6.16. The lowest BCUT2D eigenvalue weighted by Crippen LogP contribution is -2.02. The van der Waals surface area contributed by atoms with Crippen LogP contribution in [-0.2, 0) is 5.88 Å². The van der Waals surface area contributed by atoms with Gasteiger partial charge >= 0.3 is 0 Å². The SMILES string of the molecule is CCOc1ccccc1-n1cnnc1CCl. The average Bonchev–Trinajstić information content (AvgIpc) is 2.78. The van der Waals surface area contributed by atoms with Gasteiger partial charge in [0.15, 0.2) is 5.82 Å². The van der Waals surface area contributed by atoms with Crippen LogP contribution in [0.3, 0.4) is 0 Å². The van der Waals surface area contributed by atoms with Crippen molar-refractivity contribution in [3.8, 4) is 11.4 Å². The fourth-order valence-electron chi connectivity index (χ4n) is 1.49. The number of benzene rings is 1. The van der Waals surface area contributed by atoms with Crippen molar-refractivity contribution < 1.29 is 4.74 Å². The number of alkyl halides is 1. The molecule has 0 bridgehead atoms. The molecule has 0 amide bonds. The molecule has 0 spiro atoms. The third-order valence-corrected chi connectivity index (χ3v) is 2.40. The van der Waals surface area contributed by atoms with Crippen LogP contribution in [0.25, 0.3) is 5.69 Å². The van der Waals surface area contributed by atoms with Gasteiger partial charge in [-0.25, -0.2) is 0 Å². The zero-order valence-corrected chi connectivity index (χ0v) is 9.68. The number of rotatable bonds is 4. The summed E-state index contributed by atoms with van der Waals surface area (Å²) >= 11 is 5.79. The first kappa shape index (κ1) is 11.0. The molecule has 0 radical (unpaired) electrons. The van der Waals surface area contributed by atoms with E-state index in [4.69, 9.17) is 16.3 Å². The van der Waals surface area contributed by atoms with Gasteiger partial charge in [-0.2, -0.15) is 0 Å². The molecular formula is C11H12ClN3O. The molecule has 0 atom stereocenters. The number of para-hydroxylation sites is 2. The second kappa shape index (κ2) is 4.99. The minimum Gasteiger partial charge on any atom is -0.492 e. The predicted molar refractivity (Wildman–Crippen MR) is 62.1 cm³/mol. The fourth-order valence-corrected chi connectivity index (χ4v) is 1.67. The van der Waals surface area contributed by atoms with E-state index in [0.717, 1.165) is 11.4 Å². The van der Waals surface area contributed by atoms with E-state index in [-0.39, 0.29) is 0 Å². The van der Waals surface area contributed by atoms with Gasteiger partial charge in [0, 0.05) is 0 Å². The molecular weight excluding hydrogens is 226 g/mol. The molecule has 0 aliphatic rings. The third kappa shape index (κ3) is 2.02. The van der Waals surface area contributed by atoms with Crippen molar-refractivity contribution in [2.75, 3.05) is 6.61 Å². The molecule has 16 heavy (non-hydrogen) atoms. The Morgan fingerprint density at radius 2 is 2.19 bits per heavy atom. The zero-order chi connectivity index (χ0) is 11.4. The Morgan fingerprint density at radius 3 is 2.94 bits per heavy atom. The predicted octanol–water partition coefficient (Wildman–Crippen LogP) is 2.40. The highest BCUT2D eigenvalue weighted by atomic mass is 35.5. The van der Waals surface area contributed by atoms with E-state index in [1.807, 2.05) is 35.8 Å². The quantitative estimate of drug-likeness (QED) is 0.767. The maximum absolute atomic E-state index is 5.79. The van der Waals surface area contributed by atoms with Crippen LogP contribution < -0.4 is 4.74 Å². The Balaban J connectivity index is 2.46. The van der Waals surface area contributed by atoms with Gasteiger partial charge in [0.05, 0.1) is 18.2 Å². The monoisotopic (exact) mass is 237 g/mol. The van der Waals surface area contributed by atoms with Crippen LogP contribution in [0.2, 0.25) is 0 Å². The van der Waals surface area contributed by atoms with E-state index in [2.05, 4.69) is 10.2 Å². The minimum absolute atomic E-state index is 0.320. The molecule has 2 aromatic rings. The first-order chi connectivity index (χ1) is 7.86. The Labute approximate surface area is 98.8 Å². The van der Waals surface area contributed by atoms with Crippen molar-refractivity contribution in [3.05, 3.63) is 36.4 Å². The summed E-state index contributed by atoms with van der Waals surface area (Å²) in [5.41, 5.74) is 0.907. The first-order valence-corrected chi connectivity index (χ1v) is 5.57. The zero-order valence-electron chi connectivity index (χ0n) is 8.93. The van der Waals surface area contributed by atoms with Gasteiger partial charge in [0.1, 0.15) is 12.1 Å². The maximum Gasteiger partial charge on any atom is 0.152 e. The number of hydrogen-bond donors (Lipinski definition) is 0. The van der Waals surface area contributed by atoms with Gasteiger partial charge in [-0.1, -0.05) is 12.1 Å². The molecule has 1 aromatic carbocycles. The number of aromatic nitrogens is 3. The highest BCUT2D eigenvalue weighted by Gasteiger charge is 2.09. The van der Waals surface area contributed by atoms with Crippen molar-refractivity contribution in [2.24, 2.45) is 0 Å². The molecule has 4 nitrogen and oxygen atoms in total. The van der Waals surface area contributed by atoms with E-state index >= 15 is 0 Å². The molecule has 5 heteroatoms. The van der Waals surface area contributed by atoms with E-state index in [0.29, 0.717) is 18.3 Å². The van der Waals surface area contributed by atoms with Crippen molar-refractivity contribution in [1.82, 2.24) is 14.8 Å². The molecule has 0 fully saturated rings. The van der Waals surface area contributed by atoms with Crippen molar-refractivity contribution in [3.63, 3.8) is 0 Å². The summed E-state index contributed by atoms with van der Waals surface area (Å²) in [5.74, 6) is 1.82. The van der Waals surface area contributed by atoms with Gasteiger partial charge in [-0.15, -0.1) is 21.8 Å². The lowest BCUT2D eigenvalue weighted by atomic mass is 10.3. The summed E-state index contributed by atoms with van der Waals surface area (Å²) in [6.45, 7) is 2.57. The molecule has 0 aliphatic carbocycles. The van der Waals surface area contributed by atoms with Gasteiger partial charge in [-0.3, -0.25) is 4.57 Å².